The highest BCUT2D eigenvalue weighted by Crippen LogP contribution is 2.37. The average molecular weight is 239 g/mol. The van der Waals surface area contributed by atoms with E-state index in [2.05, 4.69) is 13.8 Å². The minimum Gasteiger partial charge on any atom is -0.481 e. The molecule has 1 aliphatic carbocycles. The SMILES string of the molecule is CC1CCCN(C(=O)C2CCC2C(=O)O)C1C. The number of aliphatic carboxylic acids is 1. The summed E-state index contributed by atoms with van der Waals surface area (Å²) in [5.41, 5.74) is 0. The molecule has 1 amide bonds. The lowest BCUT2D eigenvalue weighted by Crippen LogP contribution is -2.52. The third kappa shape index (κ3) is 2.17. The van der Waals surface area contributed by atoms with Crippen LogP contribution in [0.5, 0.6) is 0 Å². The molecule has 0 aromatic carbocycles. The van der Waals surface area contributed by atoms with Crippen molar-refractivity contribution in [2.24, 2.45) is 17.8 Å². The minimum atomic E-state index is -0.813. The maximum absolute atomic E-state index is 12.3. The first-order valence-electron chi connectivity index (χ1n) is 6.55. The van der Waals surface area contributed by atoms with Crippen LogP contribution in [0, 0.1) is 17.8 Å². The summed E-state index contributed by atoms with van der Waals surface area (Å²) in [5, 5.41) is 9.00. The number of carbonyl (C=O) groups is 2. The molecule has 0 aromatic heterocycles. The van der Waals surface area contributed by atoms with Gasteiger partial charge in [0.15, 0.2) is 0 Å². The third-order valence-electron chi connectivity index (χ3n) is 4.57. The van der Waals surface area contributed by atoms with Gasteiger partial charge in [-0.25, -0.2) is 0 Å². The van der Waals surface area contributed by atoms with Crippen LogP contribution in [-0.4, -0.2) is 34.5 Å². The molecule has 1 heterocycles. The highest BCUT2D eigenvalue weighted by atomic mass is 16.4. The van der Waals surface area contributed by atoms with Crippen molar-refractivity contribution in [2.75, 3.05) is 6.54 Å². The zero-order valence-electron chi connectivity index (χ0n) is 10.6. The van der Waals surface area contributed by atoms with Crippen LogP contribution < -0.4 is 0 Å². The van der Waals surface area contributed by atoms with Crippen molar-refractivity contribution in [3.8, 4) is 0 Å². The summed E-state index contributed by atoms with van der Waals surface area (Å²) in [6, 6.07) is 0.256. The van der Waals surface area contributed by atoms with Crippen molar-refractivity contribution in [3.05, 3.63) is 0 Å². The van der Waals surface area contributed by atoms with E-state index < -0.39 is 11.9 Å². The number of nitrogens with zero attached hydrogens (tertiary/aromatic N) is 1. The molecule has 0 aromatic rings. The highest BCUT2D eigenvalue weighted by molar-refractivity contribution is 5.86. The molecule has 0 spiro atoms. The maximum Gasteiger partial charge on any atom is 0.307 e. The Labute approximate surface area is 102 Å². The lowest BCUT2D eigenvalue weighted by molar-refractivity contribution is -0.158. The Morgan fingerprint density at radius 1 is 1.12 bits per heavy atom. The summed E-state index contributed by atoms with van der Waals surface area (Å²) in [6.45, 7) is 5.04. The Morgan fingerprint density at radius 3 is 2.29 bits per heavy atom. The normalized spacial score (nSPS) is 37.4. The van der Waals surface area contributed by atoms with Gasteiger partial charge in [-0.1, -0.05) is 6.92 Å². The maximum atomic E-state index is 12.3. The number of carboxylic acid groups (broad SMARTS) is 1. The largest absolute Gasteiger partial charge is 0.481 e. The number of hydrogen-bond donors (Lipinski definition) is 1. The van der Waals surface area contributed by atoms with Crippen LogP contribution in [0.15, 0.2) is 0 Å². The number of rotatable bonds is 2. The van der Waals surface area contributed by atoms with Gasteiger partial charge < -0.3 is 10.0 Å². The molecule has 4 unspecified atom stereocenters. The summed E-state index contributed by atoms with van der Waals surface area (Å²) < 4.78 is 0. The van der Waals surface area contributed by atoms with Crippen LogP contribution in [0.1, 0.15) is 39.5 Å². The Balaban J connectivity index is 2.02. The minimum absolute atomic E-state index is 0.0719. The molecule has 4 atom stereocenters. The number of hydrogen-bond acceptors (Lipinski definition) is 2. The molecular weight excluding hydrogens is 218 g/mol. The average Bonchev–Trinajstić information content (AvgIpc) is 2.19. The van der Waals surface area contributed by atoms with Crippen LogP contribution in [0.25, 0.3) is 0 Å². The lowest BCUT2D eigenvalue weighted by Gasteiger charge is -2.43. The fraction of sp³-hybridized carbons (Fsp3) is 0.846. The summed E-state index contributed by atoms with van der Waals surface area (Å²) in [4.78, 5) is 25.2. The Hall–Kier alpha value is -1.06. The molecule has 2 aliphatic rings. The van der Waals surface area contributed by atoms with Gasteiger partial charge in [0, 0.05) is 12.6 Å². The topological polar surface area (TPSA) is 57.6 Å². The van der Waals surface area contributed by atoms with E-state index in [0.29, 0.717) is 12.3 Å². The van der Waals surface area contributed by atoms with Gasteiger partial charge in [0.05, 0.1) is 11.8 Å². The first-order valence-corrected chi connectivity index (χ1v) is 6.55. The van der Waals surface area contributed by atoms with Gasteiger partial charge in [-0.05, 0) is 38.5 Å². The predicted octanol–water partition coefficient (Wildman–Crippen LogP) is 1.74. The predicted molar refractivity (Wildman–Crippen MR) is 63.4 cm³/mol. The molecule has 1 saturated carbocycles. The second-order valence-corrected chi connectivity index (χ2v) is 5.52. The van der Waals surface area contributed by atoms with Crippen LogP contribution in [-0.2, 0) is 9.59 Å². The fourth-order valence-corrected chi connectivity index (χ4v) is 2.95. The van der Waals surface area contributed by atoms with E-state index in [1.165, 1.54) is 0 Å². The summed E-state index contributed by atoms with van der Waals surface area (Å²) in [5.74, 6) is -0.918. The van der Waals surface area contributed by atoms with Crippen molar-refractivity contribution in [1.82, 2.24) is 4.90 Å². The summed E-state index contributed by atoms with van der Waals surface area (Å²) >= 11 is 0. The first-order chi connectivity index (χ1) is 8.02. The molecule has 0 bridgehead atoms. The van der Waals surface area contributed by atoms with Gasteiger partial charge >= 0.3 is 5.97 Å². The van der Waals surface area contributed by atoms with Crippen LogP contribution in [0.3, 0.4) is 0 Å². The zero-order chi connectivity index (χ0) is 12.6. The molecule has 4 heteroatoms. The molecule has 2 rings (SSSR count). The van der Waals surface area contributed by atoms with Gasteiger partial charge in [-0.15, -0.1) is 0 Å². The van der Waals surface area contributed by atoms with Gasteiger partial charge in [0.1, 0.15) is 0 Å². The number of likely N-dealkylation sites (tertiary alicyclic amines) is 1. The van der Waals surface area contributed by atoms with Crippen molar-refractivity contribution < 1.29 is 14.7 Å². The standard InChI is InChI=1S/C13H21NO3/c1-8-4-3-7-14(9(8)2)12(15)10-5-6-11(10)13(16)17/h8-11H,3-7H2,1-2H3,(H,16,17). The summed E-state index contributed by atoms with van der Waals surface area (Å²) in [7, 11) is 0. The monoisotopic (exact) mass is 239 g/mol. The Morgan fingerprint density at radius 2 is 1.76 bits per heavy atom. The molecule has 2 fully saturated rings. The number of amides is 1. The van der Waals surface area contributed by atoms with E-state index in [1.807, 2.05) is 4.90 Å². The van der Waals surface area contributed by atoms with Gasteiger partial charge in [-0.2, -0.15) is 0 Å². The molecule has 4 nitrogen and oxygen atoms in total. The van der Waals surface area contributed by atoms with Gasteiger partial charge in [0.25, 0.3) is 0 Å². The molecule has 96 valence electrons. The number of carboxylic acids is 1. The molecule has 1 saturated heterocycles. The van der Waals surface area contributed by atoms with Crippen LogP contribution in [0.4, 0.5) is 0 Å². The quantitative estimate of drug-likeness (QED) is 0.798. The van der Waals surface area contributed by atoms with Crippen molar-refractivity contribution >= 4 is 11.9 Å². The number of piperidine rings is 1. The fourth-order valence-electron chi connectivity index (χ4n) is 2.95. The Kier molecular flexibility index (Phi) is 3.40. The van der Waals surface area contributed by atoms with Crippen molar-refractivity contribution in [2.45, 2.75) is 45.6 Å². The molecular formula is C13H21NO3. The zero-order valence-corrected chi connectivity index (χ0v) is 10.6. The van der Waals surface area contributed by atoms with E-state index in [1.54, 1.807) is 0 Å². The van der Waals surface area contributed by atoms with Crippen molar-refractivity contribution in [3.63, 3.8) is 0 Å². The smallest absolute Gasteiger partial charge is 0.307 e. The second-order valence-electron chi connectivity index (χ2n) is 5.52. The van der Waals surface area contributed by atoms with Gasteiger partial charge in [0.2, 0.25) is 5.91 Å². The Bertz CT molecular complexity index is 329. The van der Waals surface area contributed by atoms with E-state index in [9.17, 15) is 9.59 Å². The third-order valence-corrected chi connectivity index (χ3v) is 4.57. The van der Waals surface area contributed by atoms with E-state index >= 15 is 0 Å². The first kappa shape index (κ1) is 12.4. The van der Waals surface area contributed by atoms with Crippen LogP contribution >= 0.6 is 0 Å². The summed E-state index contributed by atoms with van der Waals surface area (Å²) in [6.07, 6.45) is 3.61. The van der Waals surface area contributed by atoms with Crippen molar-refractivity contribution in [1.29, 1.82) is 0 Å². The highest BCUT2D eigenvalue weighted by Gasteiger charge is 2.44. The molecule has 1 N–H and O–H groups in total. The van der Waals surface area contributed by atoms with E-state index in [0.717, 1.165) is 25.8 Å². The van der Waals surface area contributed by atoms with Gasteiger partial charge in [-0.3, -0.25) is 9.59 Å². The number of carbonyl (C=O) groups excluding carboxylic acids is 1. The second kappa shape index (κ2) is 4.67. The molecule has 17 heavy (non-hydrogen) atoms. The molecule has 1 aliphatic heterocycles. The van der Waals surface area contributed by atoms with E-state index in [4.69, 9.17) is 5.11 Å². The van der Waals surface area contributed by atoms with Crippen LogP contribution in [0.2, 0.25) is 0 Å². The van der Waals surface area contributed by atoms with E-state index in [-0.39, 0.29) is 17.9 Å². The lowest BCUT2D eigenvalue weighted by atomic mass is 9.72. The molecule has 0 radical (unpaired) electrons.